The molecule has 1 aromatic carbocycles. The summed E-state index contributed by atoms with van der Waals surface area (Å²) in [5, 5.41) is 3.15. The van der Waals surface area contributed by atoms with E-state index in [2.05, 4.69) is 34.5 Å². The molecule has 0 aliphatic carbocycles. The van der Waals surface area contributed by atoms with Gasteiger partial charge in [-0.05, 0) is 25.5 Å². The molecule has 1 heterocycles. The lowest BCUT2D eigenvalue weighted by Gasteiger charge is -2.39. The van der Waals surface area contributed by atoms with Crippen molar-refractivity contribution in [2.24, 2.45) is 0 Å². The molecule has 0 radical (unpaired) electrons. The van der Waals surface area contributed by atoms with E-state index in [0.717, 1.165) is 32.5 Å². The minimum atomic E-state index is -0.498. The maximum Gasteiger partial charge on any atom is 0.326 e. The fraction of sp³-hybridized carbons (Fsp3) is 0.533. The van der Waals surface area contributed by atoms with Crippen LogP contribution in [0.3, 0.4) is 0 Å². The van der Waals surface area contributed by atoms with Gasteiger partial charge < -0.3 is 10.1 Å². The molecule has 4 nitrogen and oxygen atoms in total. The third kappa shape index (κ3) is 3.14. The molecule has 1 saturated heterocycles. The zero-order valence-corrected chi connectivity index (χ0v) is 11.7. The van der Waals surface area contributed by atoms with Crippen LogP contribution in [0.15, 0.2) is 30.3 Å². The van der Waals surface area contributed by atoms with Gasteiger partial charge in [0.1, 0.15) is 5.54 Å². The number of carbonyl (C=O) groups is 1. The Kier molecular flexibility index (Phi) is 4.56. The fourth-order valence-corrected chi connectivity index (χ4v) is 2.69. The Bertz CT molecular complexity index is 411. The molecule has 2 rings (SSSR count). The third-order valence-electron chi connectivity index (χ3n) is 4.01. The lowest BCUT2D eigenvalue weighted by Crippen LogP contribution is -2.57. The summed E-state index contributed by atoms with van der Waals surface area (Å²) in [5.41, 5.74) is 0.819. The van der Waals surface area contributed by atoms with E-state index in [0.29, 0.717) is 0 Å². The predicted octanol–water partition coefficient (Wildman–Crippen LogP) is 1.41. The Morgan fingerprint density at radius 1 is 1.32 bits per heavy atom. The van der Waals surface area contributed by atoms with Crippen LogP contribution in [0.1, 0.15) is 18.4 Å². The first kappa shape index (κ1) is 14.0. The lowest BCUT2D eigenvalue weighted by molar-refractivity contribution is -0.150. The molecule has 4 heteroatoms. The molecular formula is C15H22N2O2. The largest absolute Gasteiger partial charge is 0.468 e. The predicted molar refractivity (Wildman–Crippen MR) is 74.8 cm³/mol. The SMILES string of the molecule is CNC1(C(=O)OC)CCN(Cc2ccccc2)CC1. The highest BCUT2D eigenvalue weighted by molar-refractivity contribution is 5.80. The van der Waals surface area contributed by atoms with Crippen LogP contribution in [0, 0.1) is 0 Å². The van der Waals surface area contributed by atoms with Crippen LogP contribution >= 0.6 is 0 Å². The van der Waals surface area contributed by atoms with Gasteiger partial charge in [-0.1, -0.05) is 30.3 Å². The van der Waals surface area contributed by atoms with Crippen molar-refractivity contribution < 1.29 is 9.53 Å². The van der Waals surface area contributed by atoms with Crippen molar-refractivity contribution in [1.82, 2.24) is 10.2 Å². The van der Waals surface area contributed by atoms with Gasteiger partial charge in [-0.15, -0.1) is 0 Å². The highest BCUT2D eigenvalue weighted by Gasteiger charge is 2.40. The number of nitrogens with zero attached hydrogens (tertiary/aromatic N) is 1. The van der Waals surface area contributed by atoms with E-state index in [1.165, 1.54) is 12.7 Å². The Labute approximate surface area is 114 Å². The summed E-state index contributed by atoms with van der Waals surface area (Å²) in [6.07, 6.45) is 1.59. The Hall–Kier alpha value is -1.39. The van der Waals surface area contributed by atoms with E-state index in [-0.39, 0.29) is 5.97 Å². The number of esters is 1. The molecule has 1 N–H and O–H groups in total. The lowest BCUT2D eigenvalue weighted by atomic mass is 9.87. The van der Waals surface area contributed by atoms with Crippen molar-refractivity contribution >= 4 is 5.97 Å². The summed E-state index contributed by atoms with van der Waals surface area (Å²) in [7, 11) is 3.29. The molecule has 1 aliphatic rings. The molecule has 104 valence electrons. The highest BCUT2D eigenvalue weighted by atomic mass is 16.5. The second-order valence-electron chi connectivity index (χ2n) is 5.09. The quantitative estimate of drug-likeness (QED) is 0.833. The maximum absolute atomic E-state index is 11.9. The second kappa shape index (κ2) is 6.17. The third-order valence-corrected chi connectivity index (χ3v) is 4.01. The van der Waals surface area contributed by atoms with Crippen molar-refractivity contribution in [3.8, 4) is 0 Å². The molecule has 1 fully saturated rings. The molecule has 0 amide bonds. The van der Waals surface area contributed by atoms with Gasteiger partial charge in [-0.3, -0.25) is 9.69 Å². The van der Waals surface area contributed by atoms with E-state index in [1.54, 1.807) is 0 Å². The van der Waals surface area contributed by atoms with Crippen LogP contribution in [0.25, 0.3) is 0 Å². The number of carbonyl (C=O) groups excluding carboxylic acids is 1. The molecular weight excluding hydrogens is 240 g/mol. The molecule has 0 aromatic heterocycles. The molecule has 1 aliphatic heterocycles. The molecule has 19 heavy (non-hydrogen) atoms. The molecule has 0 atom stereocenters. The van der Waals surface area contributed by atoms with E-state index < -0.39 is 5.54 Å². The first-order chi connectivity index (χ1) is 9.20. The van der Waals surface area contributed by atoms with Gasteiger partial charge >= 0.3 is 5.97 Å². The average molecular weight is 262 g/mol. The fourth-order valence-electron chi connectivity index (χ4n) is 2.69. The molecule has 0 saturated carbocycles. The van der Waals surface area contributed by atoms with Crippen molar-refractivity contribution in [3.63, 3.8) is 0 Å². The van der Waals surface area contributed by atoms with Crippen molar-refractivity contribution in [1.29, 1.82) is 0 Å². The summed E-state index contributed by atoms with van der Waals surface area (Å²) in [5.74, 6) is -0.144. The Morgan fingerprint density at radius 2 is 1.95 bits per heavy atom. The van der Waals surface area contributed by atoms with E-state index in [1.807, 2.05) is 13.1 Å². The summed E-state index contributed by atoms with van der Waals surface area (Å²) in [4.78, 5) is 14.3. The first-order valence-electron chi connectivity index (χ1n) is 6.74. The number of methoxy groups -OCH3 is 1. The number of benzene rings is 1. The minimum absolute atomic E-state index is 0.144. The van der Waals surface area contributed by atoms with Crippen molar-refractivity contribution in [2.75, 3.05) is 27.2 Å². The first-order valence-corrected chi connectivity index (χ1v) is 6.74. The Morgan fingerprint density at radius 3 is 2.47 bits per heavy atom. The zero-order valence-electron chi connectivity index (χ0n) is 11.7. The molecule has 1 aromatic rings. The van der Waals surface area contributed by atoms with Crippen LogP contribution in [0.5, 0.6) is 0 Å². The smallest absolute Gasteiger partial charge is 0.326 e. The van der Waals surface area contributed by atoms with E-state index >= 15 is 0 Å². The summed E-state index contributed by atoms with van der Waals surface area (Å²) in [6, 6.07) is 10.4. The standard InChI is InChI=1S/C15H22N2O2/c1-16-15(14(18)19-2)8-10-17(11-9-15)12-13-6-4-3-5-7-13/h3-7,16H,8-12H2,1-2H3. The van der Waals surface area contributed by atoms with Gasteiger partial charge in [-0.25, -0.2) is 0 Å². The number of hydrogen-bond acceptors (Lipinski definition) is 4. The maximum atomic E-state index is 11.9. The Balaban J connectivity index is 1.93. The summed E-state index contributed by atoms with van der Waals surface area (Å²) >= 11 is 0. The van der Waals surface area contributed by atoms with Crippen LogP contribution < -0.4 is 5.32 Å². The normalized spacial score (nSPS) is 19.1. The van der Waals surface area contributed by atoms with Gasteiger partial charge in [0.2, 0.25) is 0 Å². The number of likely N-dealkylation sites (N-methyl/N-ethyl adjacent to an activating group) is 1. The van der Waals surface area contributed by atoms with Gasteiger partial charge in [0.15, 0.2) is 0 Å². The van der Waals surface area contributed by atoms with Gasteiger partial charge in [0.05, 0.1) is 7.11 Å². The van der Waals surface area contributed by atoms with Crippen LogP contribution in [-0.4, -0.2) is 43.7 Å². The number of rotatable bonds is 4. The van der Waals surface area contributed by atoms with Crippen molar-refractivity contribution in [2.45, 2.75) is 24.9 Å². The van der Waals surface area contributed by atoms with Crippen LogP contribution in [0.2, 0.25) is 0 Å². The van der Waals surface area contributed by atoms with E-state index in [9.17, 15) is 4.79 Å². The number of hydrogen-bond donors (Lipinski definition) is 1. The highest BCUT2D eigenvalue weighted by Crippen LogP contribution is 2.24. The van der Waals surface area contributed by atoms with Crippen molar-refractivity contribution in [3.05, 3.63) is 35.9 Å². The topological polar surface area (TPSA) is 41.6 Å². The minimum Gasteiger partial charge on any atom is -0.468 e. The number of nitrogens with one attached hydrogen (secondary N) is 1. The molecule has 0 bridgehead atoms. The van der Waals surface area contributed by atoms with Crippen LogP contribution in [-0.2, 0) is 16.1 Å². The second-order valence-corrected chi connectivity index (χ2v) is 5.09. The molecule has 0 spiro atoms. The number of ether oxygens (including phenoxy) is 1. The number of piperidine rings is 1. The van der Waals surface area contributed by atoms with Gasteiger partial charge in [0.25, 0.3) is 0 Å². The monoisotopic (exact) mass is 262 g/mol. The van der Waals surface area contributed by atoms with Gasteiger partial charge in [-0.2, -0.15) is 0 Å². The zero-order chi connectivity index (χ0) is 13.7. The summed E-state index contributed by atoms with van der Waals surface area (Å²) < 4.78 is 4.92. The number of likely N-dealkylation sites (tertiary alicyclic amines) is 1. The molecule has 0 unspecified atom stereocenters. The average Bonchev–Trinajstić information content (AvgIpc) is 2.48. The van der Waals surface area contributed by atoms with Gasteiger partial charge in [0, 0.05) is 19.6 Å². The summed E-state index contributed by atoms with van der Waals surface area (Å²) in [6.45, 7) is 2.76. The van der Waals surface area contributed by atoms with Crippen LogP contribution in [0.4, 0.5) is 0 Å². The van der Waals surface area contributed by atoms with E-state index in [4.69, 9.17) is 4.74 Å².